The lowest BCUT2D eigenvalue weighted by atomic mass is 10.3. The number of nitrogens with one attached hydrogen (secondary N) is 1. The number of hydrogen-bond donors (Lipinski definition) is 1. The summed E-state index contributed by atoms with van der Waals surface area (Å²) in [4.78, 5) is 1.66. The number of benzene rings is 1. The van der Waals surface area contributed by atoms with E-state index in [-0.39, 0.29) is 5.82 Å². The molecule has 1 N–H and O–H groups in total. The van der Waals surface area contributed by atoms with E-state index in [2.05, 4.69) is 22.4 Å². The van der Waals surface area contributed by atoms with Crippen molar-refractivity contribution in [1.29, 1.82) is 0 Å². The summed E-state index contributed by atoms with van der Waals surface area (Å²) in [7, 11) is 0. The number of aromatic nitrogens is 2. The first kappa shape index (κ1) is 14.5. The maximum Gasteiger partial charge on any atom is 0.322 e. The second kappa shape index (κ2) is 7.00. The Morgan fingerprint density at radius 2 is 2.05 bits per heavy atom. The van der Waals surface area contributed by atoms with Crippen molar-refractivity contribution >= 4 is 11.7 Å². The summed E-state index contributed by atoms with van der Waals surface area (Å²) >= 11 is 0. The zero-order valence-corrected chi connectivity index (χ0v) is 11.8. The molecule has 5 nitrogen and oxygen atoms in total. The van der Waals surface area contributed by atoms with E-state index in [0.29, 0.717) is 30.7 Å². The molecular weight excluding hydrogens is 259 g/mol. The fourth-order valence-electron chi connectivity index (χ4n) is 1.88. The minimum atomic E-state index is -0.307. The number of para-hydroxylation sites is 1. The average Bonchev–Trinajstić information content (AvgIpc) is 2.91. The Morgan fingerprint density at radius 1 is 1.25 bits per heavy atom. The third-order valence-corrected chi connectivity index (χ3v) is 2.85. The number of anilines is 2. The SMILES string of the molecule is CCCNCc1nnc(N(CC)c2ccccc2F)o1. The first-order valence-corrected chi connectivity index (χ1v) is 6.81. The summed E-state index contributed by atoms with van der Waals surface area (Å²) in [5, 5.41) is 11.1. The van der Waals surface area contributed by atoms with Crippen molar-refractivity contribution in [3.63, 3.8) is 0 Å². The zero-order valence-electron chi connectivity index (χ0n) is 11.8. The van der Waals surface area contributed by atoms with Gasteiger partial charge in [-0.25, -0.2) is 4.39 Å². The Labute approximate surface area is 117 Å². The highest BCUT2D eigenvalue weighted by atomic mass is 19.1. The topological polar surface area (TPSA) is 54.2 Å². The van der Waals surface area contributed by atoms with Gasteiger partial charge in [0.2, 0.25) is 5.89 Å². The van der Waals surface area contributed by atoms with Gasteiger partial charge in [0, 0.05) is 6.54 Å². The van der Waals surface area contributed by atoms with Gasteiger partial charge in [-0.05, 0) is 32.0 Å². The molecule has 0 saturated heterocycles. The summed E-state index contributed by atoms with van der Waals surface area (Å²) in [5.74, 6) is 0.196. The fraction of sp³-hybridized carbons (Fsp3) is 0.429. The van der Waals surface area contributed by atoms with Gasteiger partial charge >= 0.3 is 6.01 Å². The van der Waals surface area contributed by atoms with Crippen LogP contribution < -0.4 is 10.2 Å². The first-order valence-electron chi connectivity index (χ1n) is 6.81. The van der Waals surface area contributed by atoms with Crippen LogP contribution in [0.15, 0.2) is 28.7 Å². The fourth-order valence-corrected chi connectivity index (χ4v) is 1.88. The van der Waals surface area contributed by atoms with Crippen LogP contribution in [0.3, 0.4) is 0 Å². The van der Waals surface area contributed by atoms with E-state index in [1.807, 2.05) is 6.92 Å². The molecule has 1 aromatic carbocycles. The molecule has 0 aliphatic rings. The van der Waals surface area contributed by atoms with Gasteiger partial charge in [0.15, 0.2) is 0 Å². The minimum Gasteiger partial charge on any atom is -0.406 e. The van der Waals surface area contributed by atoms with Gasteiger partial charge in [0.05, 0.1) is 12.2 Å². The van der Waals surface area contributed by atoms with Crippen molar-refractivity contribution < 1.29 is 8.81 Å². The van der Waals surface area contributed by atoms with Gasteiger partial charge in [-0.2, -0.15) is 0 Å². The quantitative estimate of drug-likeness (QED) is 0.789. The van der Waals surface area contributed by atoms with Gasteiger partial charge in [-0.3, -0.25) is 4.90 Å². The van der Waals surface area contributed by atoms with Crippen LogP contribution in [-0.4, -0.2) is 23.3 Å². The van der Waals surface area contributed by atoms with Crippen LogP contribution in [0.2, 0.25) is 0 Å². The molecule has 2 aromatic rings. The van der Waals surface area contributed by atoms with Crippen molar-refractivity contribution in [2.45, 2.75) is 26.8 Å². The molecule has 0 bridgehead atoms. The van der Waals surface area contributed by atoms with E-state index >= 15 is 0 Å². The standard InChI is InChI=1S/C14H19FN4O/c1-3-9-16-10-13-17-18-14(20-13)19(4-2)12-8-6-5-7-11(12)15/h5-8,16H,3-4,9-10H2,1-2H3. The van der Waals surface area contributed by atoms with Crippen LogP contribution >= 0.6 is 0 Å². The van der Waals surface area contributed by atoms with Crippen LogP contribution in [0.25, 0.3) is 0 Å². The van der Waals surface area contributed by atoms with Gasteiger partial charge in [0.25, 0.3) is 0 Å². The van der Waals surface area contributed by atoms with Crippen molar-refractivity contribution in [2.75, 3.05) is 18.0 Å². The highest BCUT2D eigenvalue weighted by Gasteiger charge is 2.17. The minimum absolute atomic E-state index is 0.307. The van der Waals surface area contributed by atoms with E-state index in [0.717, 1.165) is 13.0 Å². The van der Waals surface area contributed by atoms with Crippen molar-refractivity contribution in [3.8, 4) is 0 Å². The van der Waals surface area contributed by atoms with E-state index in [9.17, 15) is 4.39 Å². The molecule has 6 heteroatoms. The first-order chi connectivity index (χ1) is 9.76. The predicted octanol–water partition coefficient (Wildman–Crippen LogP) is 2.87. The van der Waals surface area contributed by atoms with E-state index in [4.69, 9.17) is 4.42 Å². The summed E-state index contributed by atoms with van der Waals surface area (Å²) < 4.78 is 19.4. The zero-order chi connectivity index (χ0) is 14.4. The average molecular weight is 278 g/mol. The molecule has 0 saturated carbocycles. The van der Waals surface area contributed by atoms with Gasteiger partial charge in [0.1, 0.15) is 5.82 Å². The second-order valence-electron chi connectivity index (χ2n) is 4.35. The monoisotopic (exact) mass is 278 g/mol. The molecule has 0 spiro atoms. The second-order valence-corrected chi connectivity index (χ2v) is 4.35. The molecule has 0 aliphatic carbocycles. The largest absolute Gasteiger partial charge is 0.406 e. The van der Waals surface area contributed by atoms with Crippen molar-refractivity contribution in [2.24, 2.45) is 0 Å². The van der Waals surface area contributed by atoms with Gasteiger partial charge in [-0.15, -0.1) is 5.10 Å². The van der Waals surface area contributed by atoms with E-state index in [1.165, 1.54) is 6.07 Å². The summed E-state index contributed by atoms with van der Waals surface area (Å²) in [5.41, 5.74) is 0.437. The molecule has 0 unspecified atom stereocenters. The molecule has 0 aliphatic heterocycles. The molecule has 0 fully saturated rings. The summed E-state index contributed by atoms with van der Waals surface area (Å²) in [6, 6.07) is 6.85. The molecule has 108 valence electrons. The molecule has 20 heavy (non-hydrogen) atoms. The smallest absolute Gasteiger partial charge is 0.322 e. The Hall–Kier alpha value is -1.95. The molecule has 1 heterocycles. The van der Waals surface area contributed by atoms with E-state index < -0.39 is 0 Å². The van der Waals surface area contributed by atoms with Crippen LogP contribution in [-0.2, 0) is 6.54 Å². The number of nitrogens with zero attached hydrogens (tertiary/aromatic N) is 3. The Morgan fingerprint density at radius 3 is 2.75 bits per heavy atom. The van der Waals surface area contributed by atoms with Crippen LogP contribution in [0.4, 0.5) is 16.1 Å². The predicted molar refractivity (Wildman–Crippen MR) is 75.4 cm³/mol. The maximum atomic E-state index is 13.8. The number of halogens is 1. The van der Waals surface area contributed by atoms with E-state index in [1.54, 1.807) is 23.1 Å². The molecule has 0 amide bonds. The number of hydrogen-bond acceptors (Lipinski definition) is 5. The lowest BCUT2D eigenvalue weighted by molar-refractivity contribution is 0.468. The molecule has 0 atom stereocenters. The van der Waals surface area contributed by atoms with Crippen LogP contribution in [0.5, 0.6) is 0 Å². The third-order valence-electron chi connectivity index (χ3n) is 2.85. The molecule has 2 rings (SSSR count). The maximum absolute atomic E-state index is 13.8. The van der Waals surface area contributed by atoms with Gasteiger partial charge < -0.3 is 9.73 Å². The summed E-state index contributed by atoms with van der Waals surface area (Å²) in [6.07, 6.45) is 1.04. The molecular formula is C14H19FN4O. The van der Waals surface area contributed by atoms with Gasteiger partial charge in [-0.1, -0.05) is 24.2 Å². The highest BCUT2D eigenvalue weighted by Crippen LogP contribution is 2.26. The molecule has 0 radical (unpaired) electrons. The highest BCUT2D eigenvalue weighted by molar-refractivity contribution is 5.56. The van der Waals surface area contributed by atoms with Crippen LogP contribution in [0, 0.1) is 5.82 Å². The lowest BCUT2D eigenvalue weighted by Gasteiger charge is -2.18. The van der Waals surface area contributed by atoms with Crippen molar-refractivity contribution in [1.82, 2.24) is 15.5 Å². The Balaban J connectivity index is 2.14. The Kier molecular flexibility index (Phi) is 5.06. The lowest BCUT2D eigenvalue weighted by Crippen LogP contribution is -2.17. The summed E-state index contributed by atoms with van der Waals surface area (Å²) in [6.45, 7) is 5.96. The number of rotatable bonds is 7. The molecule has 1 aromatic heterocycles. The normalized spacial score (nSPS) is 10.8. The Bertz CT molecular complexity index is 543. The van der Waals surface area contributed by atoms with Crippen molar-refractivity contribution in [3.05, 3.63) is 36.0 Å². The van der Waals surface area contributed by atoms with Crippen LogP contribution in [0.1, 0.15) is 26.2 Å². The third kappa shape index (κ3) is 3.33.